The Labute approximate surface area is 265 Å². The maximum atomic E-state index is 15.5. The number of aryl methyl sites for hydroxylation is 1. The number of aliphatic carboxylic acids is 1. The number of nitrogens with zero attached hydrogens (tertiary/aromatic N) is 3. The molecule has 11 nitrogen and oxygen atoms in total. The van der Waals surface area contributed by atoms with Crippen LogP contribution in [0.25, 0.3) is 16.5 Å². The molecule has 0 bridgehead atoms. The minimum Gasteiger partial charge on any atom is -0.480 e. The van der Waals surface area contributed by atoms with E-state index >= 15 is 4.39 Å². The number of anilines is 1. The Hall–Kier alpha value is -5.02. The average Bonchev–Trinajstić information content (AvgIpc) is 3.02. The predicted octanol–water partition coefficient (Wildman–Crippen LogP) is 3.06. The van der Waals surface area contributed by atoms with Gasteiger partial charge in [0.05, 0.1) is 24.5 Å². The maximum Gasteiger partial charge on any atom is 0.405 e. The number of morpholine rings is 1. The van der Waals surface area contributed by atoms with Gasteiger partial charge in [-0.15, -0.1) is 0 Å². The van der Waals surface area contributed by atoms with Crippen molar-refractivity contribution in [3.8, 4) is 5.69 Å². The van der Waals surface area contributed by atoms with E-state index in [1.165, 1.54) is 29.9 Å². The van der Waals surface area contributed by atoms with Gasteiger partial charge < -0.3 is 25.0 Å². The van der Waals surface area contributed by atoms with Crippen molar-refractivity contribution in [1.82, 2.24) is 19.4 Å². The number of alkyl halides is 3. The van der Waals surface area contributed by atoms with Crippen LogP contribution < -0.4 is 21.9 Å². The number of benzene rings is 3. The highest BCUT2D eigenvalue weighted by atomic mass is 19.4. The summed E-state index contributed by atoms with van der Waals surface area (Å²) in [5.41, 5.74) is -1.01. The first-order chi connectivity index (χ1) is 22.3. The van der Waals surface area contributed by atoms with E-state index in [9.17, 15) is 37.5 Å². The SMILES string of the molecule is Cn1ccc(=O)n(-c2cccc3c(C[C@H](NC(=O)c4c(F)cc(NCC(F)(F)F)cc4CN4CCOCC4)C(=O)O)cccc23)c1=O. The number of ether oxygens (including phenoxy) is 1. The zero-order valence-electron chi connectivity index (χ0n) is 25.1. The summed E-state index contributed by atoms with van der Waals surface area (Å²) in [4.78, 5) is 53.3. The van der Waals surface area contributed by atoms with Crippen LogP contribution in [0.1, 0.15) is 21.5 Å². The van der Waals surface area contributed by atoms with Gasteiger partial charge in [-0.05, 0) is 34.7 Å². The lowest BCUT2D eigenvalue weighted by molar-refractivity contribution is -0.139. The molecule has 1 aromatic heterocycles. The van der Waals surface area contributed by atoms with Crippen molar-refractivity contribution in [2.24, 2.45) is 7.05 Å². The standard InChI is InChI=1S/C32H31F4N5O6/c1-39-9-8-27(42)41(31(39)46)26-7-3-5-22-19(4-2-6-23(22)26)15-25(30(44)45)38-29(43)28-20(17-40-10-12-47-13-11-40)14-21(16-24(28)33)37-18-32(34,35)36/h2-9,14,16,25,37H,10-13,15,17-18H2,1H3,(H,38,43)(H,44,45)/t25-/m0/s1. The van der Waals surface area contributed by atoms with E-state index < -0.39 is 53.3 Å². The van der Waals surface area contributed by atoms with Gasteiger partial charge in [-0.2, -0.15) is 13.2 Å². The number of hydrogen-bond donors (Lipinski definition) is 3. The third-order valence-electron chi connectivity index (χ3n) is 7.80. The number of halogens is 4. The lowest BCUT2D eigenvalue weighted by Gasteiger charge is -2.28. The molecule has 1 amide bonds. The average molecular weight is 658 g/mol. The van der Waals surface area contributed by atoms with Gasteiger partial charge in [0.2, 0.25) is 0 Å². The Morgan fingerprint density at radius 3 is 2.40 bits per heavy atom. The molecule has 0 spiro atoms. The number of carbonyl (C=O) groups is 2. The topological polar surface area (TPSA) is 135 Å². The third-order valence-corrected chi connectivity index (χ3v) is 7.80. The number of nitrogens with one attached hydrogen (secondary N) is 2. The Balaban J connectivity index is 1.47. The Bertz CT molecular complexity index is 1930. The Kier molecular flexibility index (Phi) is 9.77. The molecule has 0 saturated carbocycles. The van der Waals surface area contributed by atoms with Gasteiger partial charge >= 0.3 is 17.8 Å². The Morgan fingerprint density at radius 1 is 1.00 bits per heavy atom. The zero-order valence-corrected chi connectivity index (χ0v) is 25.1. The number of amides is 1. The summed E-state index contributed by atoms with van der Waals surface area (Å²) >= 11 is 0. The molecule has 0 radical (unpaired) electrons. The Morgan fingerprint density at radius 2 is 1.70 bits per heavy atom. The number of rotatable bonds is 10. The van der Waals surface area contributed by atoms with E-state index in [-0.39, 0.29) is 29.9 Å². The van der Waals surface area contributed by atoms with Crippen LogP contribution in [0.2, 0.25) is 0 Å². The summed E-state index contributed by atoms with van der Waals surface area (Å²) in [5, 5.41) is 15.6. The van der Waals surface area contributed by atoms with Crippen LogP contribution in [0, 0.1) is 5.82 Å². The van der Waals surface area contributed by atoms with Crippen LogP contribution in [0.4, 0.5) is 23.2 Å². The van der Waals surface area contributed by atoms with Crippen molar-refractivity contribution in [2.45, 2.75) is 25.2 Å². The normalized spacial score (nSPS) is 14.6. The smallest absolute Gasteiger partial charge is 0.405 e. The molecule has 0 unspecified atom stereocenters. The predicted molar refractivity (Wildman–Crippen MR) is 164 cm³/mol. The molecule has 4 aromatic rings. The second-order valence-corrected chi connectivity index (χ2v) is 11.1. The molecule has 1 aliphatic heterocycles. The van der Waals surface area contributed by atoms with E-state index in [1.807, 2.05) is 4.90 Å². The summed E-state index contributed by atoms with van der Waals surface area (Å²) < 4.78 is 61.6. The van der Waals surface area contributed by atoms with E-state index in [4.69, 9.17) is 4.74 Å². The molecule has 5 rings (SSSR count). The zero-order chi connectivity index (χ0) is 33.9. The number of carboxylic acid groups (broad SMARTS) is 1. The van der Waals surface area contributed by atoms with Gasteiger partial charge in [0.25, 0.3) is 11.5 Å². The molecule has 1 fully saturated rings. The molecule has 2 heterocycles. The summed E-state index contributed by atoms with van der Waals surface area (Å²) in [6, 6.07) is 11.5. The lowest BCUT2D eigenvalue weighted by atomic mass is 9.97. The number of fused-ring (bicyclic) bond motifs is 1. The number of hydrogen-bond acceptors (Lipinski definition) is 7. The van der Waals surface area contributed by atoms with Gasteiger partial charge in [-0.25, -0.2) is 18.5 Å². The van der Waals surface area contributed by atoms with Gasteiger partial charge in [0.15, 0.2) is 0 Å². The second kappa shape index (κ2) is 13.8. The summed E-state index contributed by atoms with van der Waals surface area (Å²) in [6.07, 6.45) is -3.48. The van der Waals surface area contributed by atoms with Crippen molar-refractivity contribution < 1.29 is 37.0 Å². The van der Waals surface area contributed by atoms with E-state index in [0.29, 0.717) is 42.6 Å². The van der Waals surface area contributed by atoms with Gasteiger partial charge in [-0.1, -0.05) is 30.3 Å². The summed E-state index contributed by atoms with van der Waals surface area (Å²) in [6.45, 7) is 0.202. The fraction of sp³-hybridized carbons (Fsp3) is 0.312. The quantitative estimate of drug-likeness (QED) is 0.222. The van der Waals surface area contributed by atoms with Crippen molar-refractivity contribution in [3.05, 3.63) is 104 Å². The van der Waals surface area contributed by atoms with Crippen LogP contribution >= 0.6 is 0 Å². The fourth-order valence-electron chi connectivity index (χ4n) is 5.52. The van der Waals surface area contributed by atoms with Crippen LogP contribution in [-0.2, 0) is 29.5 Å². The molecule has 47 heavy (non-hydrogen) atoms. The van der Waals surface area contributed by atoms with E-state index in [0.717, 1.165) is 10.6 Å². The van der Waals surface area contributed by atoms with Crippen LogP contribution in [0.5, 0.6) is 0 Å². The minimum absolute atomic E-state index is 0.00667. The van der Waals surface area contributed by atoms with Gasteiger partial charge in [0.1, 0.15) is 18.4 Å². The molecule has 1 aliphatic rings. The second-order valence-electron chi connectivity index (χ2n) is 11.1. The first-order valence-electron chi connectivity index (χ1n) is 14.6. The summed E-state index contributed by atoms with van der Waals surface area (Å²) in [5.74, 6) is -3.59. The minimum atomic E-state index is -4.57. The van der Waals surface area contributed by atoms with Crippen LogP contribution in [-0.4, -0.2) is 76.1 Å². The third kappa shape index (κ3) is 7.69. The molecule has 1 atom stereocenters. The molecule has 1 saturated heterocycles. The number of aromatic nitrogens is 2. The largest absolute Gasteiger partial charge is 0.480 e. The number of carbonyl (C=O) groups excluding carboxylic acids is 1. The first-order valence-corrected chi connectivity index (χ1v) is 14.6. The highest BCUT2D eigenvalue weighted by molar-refractivity contribution is 5.99. The fourth-order valence-corrected chi connectivity index (χ4v) is 5.52. The highest BCUT2D eigenvalue weighted by Crippen LogP contribution is 2.27. The molecule has 248 valence electrons. The monoisotopic (exact) mass is 657 g/mol. The molecule has 15 heteroatoms. The molecule has 3 aromatic carbocycles. The number of carboxylic acids is 1. The van der Waals surface area contributed by atoms with Crippen LogP contribution in [0.3, 0.4) is 0 Å². The van der Waals surface area contributed by atoms with Gasteiger partial charge in [0, 0.05) is 56.4 Å². The van der Waals surface area contributed by atoms with Crippen molar-refractivity contribution in [3.63, 3.8) is 0 Å². The van der Waals surface area contributed by atoms with E-state index in [2.05, 4.69) is 10.6 Å². The maximum absolute atomic E-state index is 15.5. The van der Waals surface area contributed by atoms with Crippen LogP contribution in [0.15, 0.2) is 70.4 Å². The molecule has 0 aliphatic carbocycles. The summed E-state index contributed by atoms with van der Waals surface area (Å²) in [7, 11) is 1.50. The van der Waals surface area contributed by atoms with E-state index in [1.54, 1.807) is 36.4 Å². The first kappa shape index (κ1) is 33.3. The molecule has 3 N–H and O–H groups in total. The van der Waals surface area contributed by atoms with Gasteiger partial charge in [-0.3, -0.25) is 14.5 Å². The molecular formula is C32H31F4N5O6. The highest BCUT2D eigenvalue weighted by Gasteiger charge is 2.29. The van der Waals surface area contributed by atoms with Crippen molar-refractivity contribution in [2.75, 3.05) is 38.2 Å². The molecular weight excluding hydrogens is 626 g/mol. The lowest BCUT2D eigenvalue weighted by Crippen LogP contribution is -2.43. The van der Waals surface area contributed by atoms with Crippen molar-refractivity contribution in [1.29, 1.82) is 0 Å². The van der Waals surface area contributed by atoms with Crippen molar-refractivity contribution >= 4 is 28.3 Å².